The van der Waals surface area contributed by atoms with Gasteiger partial charge in [0, 0.05) is 24.2 Å². The highest BCUT2D eigenvalue weighted by molar-refractivity contribution is 7.99. The molecular weight excluding hydrogens is 248 g/mol. The first-order valence-electron chi connectivity index (χ1n) is 6.25. The van der Waals surface area contributed by atoms with Crippen molar-refractivity contribution in [1.29, 1.82) is 0 Å². The van der Waals surface area contributed by atoms with Gasteiger partial charge in [-0.25, -0.2) is 0 Å². The molecular formula is C13H18N2O2S. The molecule has 1 unspecified atom stereocenters. The summed E-state index contributed by atoms with van der Waals surface area (Å²) in [5, 5.41) is 14.3. The Morgan fingerprint density at radius 2 is 2.17 bits per heavy atom. The topological polar surface area (TPSA) is 55.2 Å². The van der Waals surface area contributed by atoms with E-state index in [4.69, 9.17) is 0 Å². The van der Waals surface area contributed by atoms with Crippen LogP contribution in [0.3, 0.4) is 0 Å². The molecule has 5 heteroatoms. The molecule has 1 N–H and O–H groups in total. The van der Waals surface area contributed by atoms with Crippen LogP contribution < -0.4 is 5.32 Å². The minimum atomic E-state index is -0.340. The van der Waals surface area contributed by atoms with Gasteiger partial charge >= 0.3 is 0 Å². The van der Waals surface area contributed by atoms with E-state index in [1.54, 1.807) is 12.1 Å². The smallest absolute Gasteiger partial charge is 0.269 e. The largest absolute Gasteiger partial charge is 0.307 e. The van der Waals surface area contributed by atoms with Gasteiger partial charge in [-0.15, -0.1) is 0 Å². The third-order valence-corrected chi connectivity index (χ3v) is 4.34. The summed E-state index contributed by atoms with van der Waals surface area (Å²) < 4.78 is 0. The first-order chi connectivity index (χ1) is 8.66. The highest BCUT2D eigenvalue weighted by Gasteiger charge is 2.17. The average Bonchev–Trinajstić information content (AvgIpc) is 2.40. The first kappa shape index (κ1) is 13.4. The number of rotatable bonds is 4. The summed E-state index contributed by atoms with van der Waals surface area (Å²) in [5.74, 6) is 2.42. The summed E-state index contributed by atoms with van der Waals surface area (Å²) in [7, 11) is 0. The lowest BCUT2D eigenvalue weighted by molar-refractivity contribution is -0.384. The van der Waals surface area contributed by atoms with Crippen LogP contribution in [0.4, 0.5) is 5.69 Å². The van der Waals surface area contributed by atoms with E-state index < -0.39 is 0 Å². The molecule has 0 spiro atoms. The van der Waals surface area contributed by atoms with Crippen LogP contribution in [0.5, 0.6) is 0 Å². The van der Waals surface area contributed by atoms with E-state index in [-0.39, 0.29) is 16.7 Å². The third-order valence-electron chi connectivity index (χ3n) is 3.29. The van der Waals surface area contributed by atoms with E-state index in [9.17, 15) is 10.1 Å². The van der Waals surface area contributed by atoms with E-state index in [0.29, 0.717) is 6.04 Å². The Kier molecular flexibility index (Phi) is 4.60. The molecule has 0 amide bonds. The number of nitrogens with one attached hydrogen (secondary N) is 1. The first-order valence-corrected chi connectivity index (χ1v) is 7.40. The van der Waals surface area contributed by atoms with Gasteiger partial charge in [-0.1, -0.05) is 12.1 Å². The van der Waals surface area contributed by atoms with Crippen LogP contribution in [0, 0.1) is 10.1 Å². The zero-order valence-corrected chi connectivity index (χ0v) is 11.3. The van der Waals surface area contributed by atoms with E-state index >= 15 is 0 Å². The summed E-state index contributed by atoms with van der Waals surface area (Å²) in [6.45, 7) is 2.07. The van der Waals surface area contributed by atoms with Crippen molar-refractivity contribution in [2.75, 3.05) is 11.5 Å². The molecule has 1 heterocycles. The van der Waals surface area contributed by atoms with Crippen LogP contribution in [-0.2, 0) is 0 Å². The molecule has 1 aromatic rings. The van der Waals surface area contributed by atoms with Crippen molar-refractivity contribution in [3.05, 3.63) is 39.9 Å². The van der Waals surface area contributed by atoms with Crippen molar-refractivity contribution in [2.45, 2.75) is 31.8 Å². The highest BCUT2D eigenvalue weighted by Crippen LogP contribution is 2.23. The maximum absolute atomic E-state index is 10.7. The second-order valence-electron chi connectivity index (χ2n) is 4.63. The molecule has 0 saturated carbocycles. The highest BCUT2D eigenvalue weighted by atomic mass is 32.2. The van der Waals surface area contributed by atoms with Crippen molar-refractivity contribution in [3.63, 3.8) is 0 Å². The predicted octanol–water partition coefficient (Wildman–Crippen LogP) is 3.14. The van der Waals surface area contributed by atoms with E-state index in [1.165, 1.54) is 30.4 Å². The molecule has 18 heavy (non-hydrogen) atoms. The number of nitro benzene ring substituents is 1. The van der Waals surface area contributed by atoms with Crippen LogP contribution in [0.25, 0.3) is 0 Å². The van der Waals surface area contributed by atoms with Crippen molar-refractivity contribution in [3.8, 4) is 0 Å². The Morgan fingerprint density at radius 1 is 1.44 bits per heavy atom. The Bertz CT molecular complexity index is 419. The molecule has 0 aliphatic carbocycles. The Hall–Kier alpha value is -1.07. The van der Waals surface area contributed by atoms with Gasteiger partial charge in [-0.05, 0) is 36.8 Å². The minimum Gasteiger partial charge on any atom is -0.307 e. The van der Waals surface area contributed by atoms with E-state index in [1.807, 2.05) is 17.8 Å². The minimum absolute atomic E-state index is 0.165. The monoisotopic (exact) mass is 266 g/mol. The van der Waals surface area contributed by atoms with Gasteiger partial charge in [-0.3, -0.25) is 10.1 Å². The number of benzene rings is 1. The molecule has 98 valence electrons. The Balaban J connectivity index is 2.01. The molecule has 0 bridgehead atoms. The Labute approximate surface area is 111 Å². The van der Waals surface area contributed by atoms with E-state index in [0.717, 1.165) is 5.56 Å². The summed E-state index contributed by atoms with van der Waals surface area (Å²) in [4.78, 5) is 10.4. The van der Waals surface area contributed by atoms with Crippen molar-refractivity contribution < 1.29 is 4.92 Å². The molecule has 1 atom stereocenters. The van der Waals surface area contributed by atoms with Crippen LogP contribution in [0.2, 0.25) is 0 Å². The molecule has 1 aliphatic heterocycles. The second-order valence-corrected chi connectivity index (χ2v) is 5.85. The molecule has 2 rings (SSSR count). The standard InChI is InChI=1S/C13H18N2O2S/c1-10(14-12-5-7-18-8-6-12)11-3-2-4-13(9-11)15(16)17/h2-4,9-10,12,14H,5-8H2,1H3. The van der Waals surface area contributed by atoms with Gasteiger partial charge in [-0.2, -0.15) is 11.8 Å². The number of hydrogen-bond acceptors (Lipinski definition) is 4. The fourth-order valence-electron chi connectivity index (χ4n) is 2.22. The lowest BCUT2D eigenvalue weighted by atomic mass is 10.0. The molecule has 1 fully saturated rings. The average molecular weight is 266 g/mol. The fraction of sp³-hybridized carbons (Fsp3) is 0.538. The molecule has 1 aromatic carbocycles. The number of non-ortho nitro benzene ring substituents is 1. The van der Waals surface area contributed by atoms with Gasteiger partial charge in [0.25, 0.3) is 5.69 Å². The van der Waals surface area contributed by atoms with Gasteiger partial charge in [0.2, 0.25) is 0 Å². The second kappa shape index (κ2) is 6.20. The fourth-order valence-corrected chi connectivity index (χ4v) is 3.33. The van der Waals surface area contributed by atoms with Crippen molar-refractivity contribution in [1.82, 2.24) is 5.32 Å². The van der Waals surface area contributed by atoms with Crippen molar-refractivity contribution in [2.24, 2.45) is 0 Å². The third kappa shape index (κ3) is 3.46. The summed E-state index contributed by atoms with van der Waals surface area (Å²) in [6.07, 6.45) is 2.37. The van der Waals surface area contributed by atoms with E-state index in [2.05, 4.69) is 12.2 Å². The molecule has 4 nitrogen and oxygen atoms in total. The van der Waals surface area contributed by atoms with Gasteiger partial charge in [0.15, 0.2) is 0 Å². The summed E-state index contributed by atoms with van der Waals surface area (Å²) in [5.41, 5.74) is 1.16. The van der Waals surface area contributed by atoms with Crippen LogP contribution in [0.15, 0.2) is 24.3 Å². The van der Waals surface area contributed by atoms with Gasteiger partial charge in [0.05, 0.1) is 4.92 Å². The van der Waals surface area contributed by atoms with Gasteiger partial charge < -0.3 is 5.32 Å². The predicted molar refractivity (Wildman–Crippen MR) is 75.0 cm³/mol. The lowest BCUT2D eigenvalue weighted by Crippen LogP contribution is -2.34. The normalized spacial score (nSPS) is 18.5. The SMILES string of the molecule is CC(NC1CCSCC1)c1cccc([N+](=O)[O-])c1. The maximum atomic E-state index is 10.7. The van der Waals surface area contributed by atoms with Crippen LogP contribution in [-0.4, -0.2) is 22.5 Å². The summed E-state index contributed by atoms with van der Waals surface area (Å²) in [6, 6.07) is 7.60. The molecule has 0 aromatic heterocycles. The van der Waals surface area contributed by atoms with Gasteiger partial charge in [0.1, 0.15) is 0 Å². The number of thioether (sulfide) groups is 1. The zero-order valence-electron chi connectivity index (χ0n) is 10.5. The lowest BCUT2D eigenvalue weighted by Gasteiger charge is -2.26. The molecule has 0 radical (unpaired) electrons. The van der Waals surface area contributed by atoms with Crippen LogP contribution >= 0.6 is 11.8 Å². The maximum Gasteiger partial charge on any atom is 0.269 e. The molecule has 1 saturated heterocycles. The number of nitrogens with zero attached hydrogens (tertiary/aromatic N) is 1. The van der Waals surface area contributed by atoms with Crippen molar-refractivity contribution >= 4 is 17.4 Å². The van der Waals surface area contributed by atoms with Crippen LogP contribution in [0.1, 0.15) is 31.4 Å². The zero-order chi connectivity index (χ0) is 13.0. The Morgan fingerprint density at radius 3 is 2.83 bits per heavy atom. The summed E-state index contributed by atoms with van der Waals surface area (Å²) >= 11 is 2.00. The molecule has 1 aliphatic rings. The quantitative estimate of drug-likeness (QED) is 0.672. The number of hydrogen-bond donors (Lipinski definition) is 1. The number of nitro groups is 1.